The van der Waals surface area contributed by atoms with Gasteiger partial charge in [0.15, 0.2) is 11.5 Å². The van der Waals surface area contributed by atoms with Gasteiger partial charge in [-0.05, 0) is 19.1 Å². The summed E-state index contributed by atoms with van der Waals surface area (Å²) in [7, 11) is 1.68. The van der Waals surface area contributed by atoms with E-state index in [4.69, 9.17) is 15.2 Å². The van der Waals surface area contributed by atoms with E-state index >= 15 is 0 Å². The van der Waals surface area contributed by atoms with Crippen LogP contribution in [0.15, 0.2) is 18.2 Å². The van der Waals surface area contributed by atoms with E-state index in [0.717, 1.165) is 0 Å². The highest BCUT2D eigenvalue weighted by Gasteiger charge is 2.19. The van der Waals surface area contributed by atoms with Crippen LogP contribution in [0.3, 0.4) is 0 Å². The molecule has 0 unspecified atom stereocenters. The van der Waals surface area contributed by atoms with E-state index < -0.39 is 0 Å². The van der Waals surface area contributed by atoms with Gasteiger partial charge in [-0.3, -0.25) is 9.48 Å². The van der Waals surface area contributed by atoms with Gasteiger partial charge in [-0.15, -0.1) is 0 Å². The summed E-state index contributed by atoms with van der Waals surface area (Å²) < 4.78 is 12.4. The Bertz CT molecular complexity index is 708. The summed E-state index contributed by atoms with van der Waals surface area (Å²) in [6, 6.07) is 5.25. The van der Waals surface area contributed by atoms with Gasteiger partial charge in [0.1, 0.15) is 18.9 Å². The molecule has 0 aliphatic carbocycles. The minimum Gasteiger partial charge on any atom is -0.486 e. The number of nitrogens with one attached hydrogen (secondary N) is 1. The third kappa shape index (κ3) is 2.37. The second-order valence-corrected chi connectivity index (χ2v) is 4.78. The molecular weight excluding hydrogens is 272 g/mol. The molecule has 7 nitrogen and oxygen atoms in total. The molecule has 1 aliphatic heterocycles. The molecule has 0 bridgehead atoms. The van der Waals surface area contributed by atoms with Crippen molar-refractivity contribution in [2.45, 2.75) is 6.92 Å². The molecular formula is C14H16N4O3. The number of ether oxygens (including phenoxy) is 2. The number of nitrogens with two attached hydrogens (primary N) is 1. The first-order chi connectivity index (χ1) is 10.1. The Morgan fingerprint density at radius 1 is 1.33 bits per heavy atom. The number of fused-ring (bicyclic) bond motifs is 1. The van der Waals surface area contributed by atoms with Gasteiger partial charge < -0.3 is 20.5 Å². The lowest BCUT2D eigenvalue weighted by atomic mass is 10.2. The first kappa shape index (κ1) is 13.3. The SMILES string of the molecule is Cc1nn(C)c(C(=O)Nc2ccc3c(c2)OCCO3)c1N. The van der Waals surface area contributed by atoms with Crippen molar-refractivity contribution in [3.8, 4) is 11.5 Å². The molecule has 2 aromatic rings. The van der Waals surface area contributed by atoms with Crippen molar-refractivity contribution < 1.29 is 14.3 Å². The molecule has 0 atom stereocenters. The molecule has 21 heavy (non-hydrogen) atoms. The molecule has 2 heterocycles. The van der Waals surface area contributed by atoms with E-state index in [-0.39, 0.29) is 5.91 Å². The lowest BCUT2D eigenvalue weighted by Crippen LogP contribution is -2.19. The summed E-state index contributed by atoms with van der Waals surface area (Å²) in [5.74, 6) is 0.982. The van der Waals surface area contributed by atoms with Crippen LogP contribution >= 0.6 is 0 Å². The minimum atomic E-state index is -0.313. The zero-order valence-corrected chi connectivity index (χ0v) is 11.8. The number of hydrogen-bond acceptors (Lipinski definition) is 5. The Balaban J connectivity index is 1.84. The number of rotatable bonds is 2. The van der Waals surface area contributed by atoms with Crippen molar-refractivity contribution in [2.24, 2.45) is 7.05 Å². The molecule has 0 saturated carbocycles. The smallest absolute Gasteiger partial charge is 0.276 e. The number of aryl methyl sites for hydroxylation is 2. The van der Waals surface area contributed by atoms with Gasteiger partial charge in [0.05, 0.1) is 11.4 Å². The van der Waals surface area contributed by atoms with Gasteiger partial charge in [-0.2, -0.15) is 5.10 Å². The lowest BCUT2D eigenvalue weighted by Gasteiger charge is -2.19. The van der Waals surface area contributed by atoms with Crippen molar-refractivity contribution >= 4 is 17.3 Å². The Morgan fingerprint density at radius 2 is 2.05 bits per heavy atom. The van der Waals surface area contributed by atoms with Crippen molar-refractivity contribution in [1.82, 2.24) is 9.78 Å². The number of nitrogens with zero attached hydrogens (tertiary/aromatic N) is 2. The maximum atomic E-state index is 12.3. The molecule has 1 aromatic heterocycles. The summed E-state index contributed by atoms with van der Waals surface area (Å²) in [6.07, 6.45) is 0. The van der Waals surface area contributed by atoms with E-state index in [9.17, 15) is 4.79 Å². The molecule has 0 fully saturated rings. The first-order valence-electron chi connectivity index (χ1n) is 6.56. The normalized spacial score (nSPS) is 13.0. The first-order valence-corrected chi connectivity index (χ1v) is 6.56. The number of hydrogen-bond donors (Lipinski definition) is 2. The quantitative estimate of drug-likeness (QED) is 0.870. The van der Waals surface area contributed by atoms with Crippen LogP contribution in [0.1, 0.15) is 16.2 Å². The van der Waals surface area contributed by atoms with Crippen LogP contribution in [0.5, 0.6) is 11.5 Å². The van der Waals surface area contributed by atoms with Gasteiger partial charge in [0.25, 0.3) is 5.91 Å². The monoisotopic (exact) mass is 288 g/mol. The third-order valence-corrected chi connectivity index (χ3v) is 3.28. The zero-order chi connectivity index (χ0) is 15.0. The Labute approximate surface area is 121 Å². The summed E-state index contributed by atoms with van der Waals surface area (Å²) in [5, 5.41) is 6.92. The van der Waals surface area contributed by atoms with Gasteiger partial charge in [0, 0.05) is 18.8 Å². The molecule has 110 valence electrons. The number of aromatic nitrogens is 2. The highest BCUT2D eigenvalue weighted by molar-refractivity contribution is 6.06. The van der Waals surface area contributed by atoms with Crippen molar-refractivity contribution in [3.63, 3.8) is 0 Å². The van der Waals surface area contributed by atoms with Crippen LogP contribution in [-0.2, 0) is 7.05 Å². The fourth-order valence-corrected chi connectivity index (χ4v) is 2.26. The molecule has 1 aliphatic rings. The van der Waals surface area contributed by atoms with Crippen molar-refractivity contribution in [3.05, 3.63) is 29.6 Å². The van der Waals surface area contributed by atoms with E-state index in [2.05, 4.69) is 10.4 Å². The largest absolute Gasteiger partial charge is 0.486 e. The fourth-order valence-electron chi connectivity index (χ4n) is 2.26. The van der Waals surface area contributed by atoms with E-state index in [0.29, 0.717) is 47.5 Å². The van der Waals surface area contributed by atoms with E-state index in [1.54, 1.807) is 32.2 Å². The van der Waals surface area contributed by atoms with Crippen LogP contribution in [0.4, 0.5) is 11.4 Å². The summed E-state index contributed by atoms with van der Waals surface area (Å²) in [4.78, 5) is 12.3. The maximum Gasteiger partial charge on any atom is 0.276 e. The molecule has 1 amide bonds. The lowest BCUT2D eigenvalue weighted by molar-refractivity contribution is 0.101. The Hall–Kier alpha value is -2.70. The fraction of sp³-hybridized carbons (Fsp3) is 0.286. The Morgan fingerprint density at radius 3 is 2.71 bits per heavy atom. The molecule has 0 saturated heterocycles. The van der Waals surface area contributed by atoms with E-state index in [1.807, 2.05) is 0 Å². The number of carbonyl (C=O) groups is 1. The number of carbonyl (C=O) groups excluding carboxylic acids is 1. The number of anilines is 2. The van der Waals surface area contributed by atoms with Gasteiger partial charge in [-0.1, -0.05) is 0 Å². The molecule has 7 heteroatoms. The minimum absolute atomic E-state index is 0.313. The van der Waals surface area contributed by atoms with Crippen LogP contribution in [0.25, 0.3) is 0 Å². The second-order valence-electron chi connectivity index (χ2n) is 4.78. The molecule has 0 radical (unpaired) electrons. The van der Waals surface area contributed by atoms with Crippen LogP contribution in [0.2, 0.25) is 0 Å². The van der Waals surface area contributed by atoms with Crippen LogP contribution < -0.4 is 20.5 Å². The summed E-state index contributed by atoms with van der Waals surface area (Å²) in [5.41, 5.74) is 7.84. The highest BCUT2D eigenvalue weighted by atomic mass is 16.6. The van der Waals surface area contributed by atoms with Crippen molar-refractivity contribution in [2.75, 3.05) is 24.3 Å². The second kappa shape index (κ2) is 5.01. The van der Waals surface area contributed by atoms with Gasteiger partial charge in [0.2, 0.25) is 0 Å². The molecule has 0 spiro atoms. The van der Waals surface area contributed by atoms with Crippen LogP contribution in [-0.4, -0.2) is 28.9 Å². The summed E-state index contributed by atoms with van der Waals surface area (Å²) >= 11 is 0. The number of amides is 1. The van der Waals surface area contributed by atoms with Gasteiger partial charge >= 0.3 is 0 Å². The average Bonchev–Trinajstić information content (AvgIpc) is 2.72. The number of benzene rings is 1. The predicted molar refractivity (Wildman–Crippen MR) is 77.7 cm³/mol. The standard InChI is InChI=1S/C14H16N4O3/c1-8-12(15)13(18(2)17-8)14(19)16-9-3-4-10-11(7-9)21-6-5-20-10/h3-4,7H,5-6,15H2,1-2H3,(H,16,19). The topological polar surface area (TPSA) is 91.4 Å². The average molecular weight is 288 g/mol. The molecule has 1 aromatic carbocycles. The van der Waals surface area contributed by atoms with Crippen LogP contribution in [0, 0.1) is 6.92 Å². The third-order valence-electron chi connectivity index (χ3n) is 3.28. The Kier molecular flexibility index (Phi) is 3.17. The highest BCUT2D eigenvalue weighted by Crippen LogP contribution is 2.32. The zero-order valence-electron chi connectivity index (χ0n) is 11.8. The predicted octanol–water partition coefficient (Wildman–Crippen LogP) is 1.33. The molecule has 3 N–H and O–H groups in total. The number of nitrogen functional groups attached to an aromatic ring is 1. The molecule has 3 rings (SSSR count). The van der Waals surface area contributed by atoms with E-state index in [1.165, 1.54) is 4.68 Å². The van der Waals surface area contributed by atoms with Crippen molar-refractivity contribution in [1.29, 1.82) is 0 Å². The maximum absolute atomic E-state index is 12.3. The van der Waals surface area contributed by atoms with Gasteiger partial charge in [-0.25, -0.2) is 0 Å². The summed E-state index contributed by atoms with van der Waals surface area (Å²) in [6.45, 7) is 2.79.